The van der Waals surface area contributed by atoms with Crippen LogP contribution >= 0.6 is 0 Å². The third kappa shape index (κ3) is 3.05. The van der Waals surface area contributed by atoms with Gasteiger partial charge in [0, 0.05) is 17.5 Å². The molecule has 1 unspecified atom stereocenters. The van der Waals surface area contributed by atoms with Crippen molar-refractivity contribution in [3.63, 3.8) is 0 Å². The van der Waals surface area contributed by atoms with Crippen LogP contribution in [0.15, 0.2) is 36.4 Å². The molecule has 1 atom stereocenters. The van der Waals surface area contributed by atoms with Crippen molar-refractivity contribution in [1.29, 1.82) is 0 Å². The summed E-state index contributed by atoms with van der Waals surface area (Å²) in [6.45, 7) is 0.520. The highest BCUT2D eigenvalue weighted by Gasteiger charge is 2.26. The molecule has 0 bridgehead atoms. The van der Waals surface area contributed by atoms with Crippen LogP contribution in [-0.2, 0) is 11.2 Å². The third-order valence-electron chi connectivity index (χ3n) is 3.74. The Balaban J connectivity index is 1.87. The molecular formula is C17H13F2NO4. The van der Waals surface area contributed by atoms with Crippen molar-refractivity contribution in [3.05, 3.63) is 64.7 Å². The van der Waals surface area contributed by atoms with E-state index in [4.69, 9.17) is 4.74 Å². The highest BCUT2D eigenvalue weighted by molar-refractivity contribution is 5.97. The molecule has 1 aliphatic rings. The van der Waals surface area contributed by atoms with Crippen LogP contribution in [0, 0.1) is 11.6 Å². The molecule has 0 spiro atoms. The first kappa shape index (κ1) is 15.9. The van der Waals surface area contributed by atoms with Gasteiger partial charge in [0.25, 0.3) is 5.91 Å². The molecule has 2 aromatic rings. The molecule has 7 heteroatoms. The van der Waals surface area contributed by atoms with E-state index in [1.807, 2.05) is 0 Å². The van der Waals surface area contributed by atoms with Gasteiger partial charge in [0.05, 0.1) is 6.61 Å². The maximum atomic E-state index is 13.8. The van der Waals surface area contributed by atoms with Crippen LogP contribution in [0.3, 0.4) is 0 Å². The largest absolute Gasteiger partial charge is 0.493 e. The molecule has 24 heavy (non-hydrogen) atoms. The Morgan fingerprint density at radius 1 is 1.17 bits per heavy atom. The number of halogens is 2. The normalized spacial score (nSPS) is 13.8. The highest BCUT2D eigenvalue weighted by atomic mass is 19.1. The number of hydrogen-bond acceptors (Lipinski definition) is 3. The van der Waals surface area contributed by atoms with Crippen LogP contribution in [0.1, 0.15) is 27.5 Å². The van der Waals surface area contributed by atoms with Crippen LogP contribution in [0.5, 0.6) is 5.75 Å². The van der Waals surface area contributed by atoms with Crippen LogP contribution < -0.4 is 10.1 Å². The Morgan fingerprint density at radius 3 is 2.71 bits per heavy atom. The van der Waals surface area contributed by atoms with Gasteiger partial charge >= 0.3 is 5.97 Å². The Bertz CT molecular complexity index is 822. The Morgan fingerprint density at radius 2 is 1.96 bits per heavy atom. The van der Waals surface area contributed by atoms with Gasteiger partial charge in [-0.2, -0.15) is 0 Å². The van der Waals surface area contributed by atoms with E-state index in [-0.39, 0.29) is 5.56 Å². The van der Waals surface area contributed by atoms with Gasteiger partial charge in [-0.1, -0.05) is 0 Å². The van der Waals surface area contributed by atoms with E-state index >= 15 is 0 Å². The van der Waals surface area contributed by atoms with Crippen molar-refractivity contribution in [1.82, 2.24) is 5.32 Å². The second-order valence-electron chi connectivity index (χ2n) is 5.33. The zero-order valence-corrected chi connectivity index (χ0v) is 12.4. The lowest BCUT2D eigenvalue weighted by Crippen LogP contribution is -2.34. The maximum absolute atomic E-state index is 13.8. The van der Waals surface area contributed by atoms with Gasteiger partial charge in [0.1, 0.15) is 17.4 Å². The zero-order chi connectivity index (χ0) is 17.3. The summed E-state index contributed by atoms with van der Waals surface area (Å²) in [6, 6.07) is 5.46. The van der Waals surface area contributed by atoms with Gasteiger partial charge in [0.15, 0.2) is 6.04 Å². The van der Waals surface area contributed by atoms with E-state index < -0.39 is 35.1 Å². The Kier molecular flexibility index (Phi) is 4.16. The van der Waals surface area contributed by atoms with Crippen molar-refractivity contribution in [2.45, 2.75) is 12.5 Å². The van der Waals surface area contributed by atoms with Gasteiger partial charge in [-0.05, 0) is 42.0 Å². The number of rotatable bonds is 4. The van der Waals surface area contributed by atoms with Crippen LogP contribution in [0.4, 0.5) is 8.78 Å². The Labute approximate surface area is 135 Å². The number of amides is 1. The first-order valence-electron chi connectivity index (χ1n) is 7.20. The number of fused-ring (bicyclic) bond motifs is 1. The fourth-order valence-electron chi connectivity index (χ4n) is 2.55. The van der Waals surface area contributed by atoms with Gasteiger partial charge in [-0.25, -0.2) is 13.6 Å². The summed E-state index contributed by atoms with van der Waals surface area (Å²) >= 11 is 0. The molecule has 5 nitrogen and oxygen atoms in total. The van der Waals surface area contributed by atoms with Crippen molar-refractivity contribution < 1.29 is 28.2 Å². The first-order chi connectivity index (χ1) is 11.5. The monoisotopic (exact) mass is 333 g/mol. The zero-order valence-electron chi connectivity index (χ0n) is 12.4. The molecule has 0 radical (unpaired) electrons. The van der Waals surface area contributed by atoms with Gasteiger partial charge in [0.2, 0.25) is 0 Å². The summed E-state index contributed by atoms with van der Waals surface area (Å²) < 4.78 is 32.4. The lowest BCUT2D eigenvalue weighted by atomic mass is 10.0. The standard InChI is InChI=1S/C17H13F2NO4/c18-11-2-3-13(19)12(8-11)15(17(22)23)20-16(21)10-1-4-14-9(7-10)5-6-24-14/h1-4,7-8,15H,5-6H2,(H,20,21)(H,22,23). The van der Waals surface area contributed by atoms with E-state index in [1.54, 1.807) is 12.1 Å². The number of benzene rings is 2. The SMILES string of the molecule is O=C(NC(C(=O)O)c1cc(F)ccc1F)c1ccc2c(c1)CCO2. The highest BCUT2D eigenvalue weighted by Crippen LogP contribution is 2.26. The van der Waals surface area contributed by atoms with E-state index in [2.05, 4.69) is 5.32 Å². The maximum Gasteiger partial charge on any atom is 0.331 e. The number of hydrogen-bond donors (Lipinski definition) is 2. The minimum atomic E-state index is -1.70. The van der Waals surface area contributed by atoms with E-state index in [0.29, 0.717) is 18.8 Å². The number of carboxylic acid groups (broad SMARTS) is 1. The van der Waals surface area contributed by atoms with Crippen molar-refractivity contribution >= 4 is 11.9 Å². The fraction of sp³-hybridized carbons (Fsp3) is 0.176. The van der Waals surface area contributed by atoms with Crippen molar-refractivity contribution in [3.8, 4) is 5.75 Å². The number of nitrogens with one attached hydrogen (secondary N) is 1. The quantitative estimate of drug-likeness (QED) is 0.901. The Hall–Kier alpha value is -2.96. The molecular weight excluding hydrogens is 320 g/mol. The molecule has 0 saturated heterocycles. The van der Waals surface area contributed by atoms with Gasteiger partial charge in [-0.3, -0.25) is 4.79 Å². The van der Waals surface area contributed by atoms with E-state index in [9.17, 15) is 23.5 Å². The molecule has 1 amide bonds. The number of ether oxygens (including phenoxy) is 1. The van der Waals surface area contributed by atoms with Crippen LogP contribution in [-0.4, -0.2) is 23.6 Å². The van der Waals surface area contributed by atoms with Crippen LogP contribution in [0.2, 0.25) is 0 Å². The molecule has 0 aliphatic carbocycles. The van der Waals surface area contributed by atoms with E-state index in [1.165, 1.54) is 6.07 Å². The summed E-state index contributed by atoms with van der Waals surface area (Å²) in [5.41, 5.74) is 0.620. The molecule has 0 fully saturated rings. The third-order valence-corrected chi connectivity index (χ3v) is 3.74. The minimum Gasteiger partial charge on any atom is -0.493 e. The molecule has 1 aliphatic heterocycles. The fourth-order valence-corrected chi connectivity index (χ4v) is 2.55. The first-order valence-corrected chi connectivity index (χ1v) is 7.20. The van der Waals surface area contributed by atoms with E-state index in [0.717, 1.165) is 23.8 Å². The predicted molar refractivity (Wildman–Crippen MR) is 79.8 cm³/mol. The summed E-state index contributed by atoms with van der Waals surface area (Å²) in [5, 5.41) is 11.5. The second kappa shape index (κ2) is 6.27. The summed E-state index contributed by atoms with van der Waals surface area (Å²) in [5.74, 6) is -3.20. The topological polar surface area (TPSA) is 75.6 Å². The lowest BCUT2D eigenvalue weighted by Gasteiger charge is -2.16. The number of aliphatic carboxylic acids is 1. The lowest BCUT2D eigenvalue weighted by molar-refractivity contribution is -0.139. The summed E-state index contributed by atoms with van der Waals surface area (Å²) in [7, 11) is 0. The molecule has 1 heterocycles. The predicted octanol–water partition coefficient (Wildman–Crippen LogP) is 2.46. The molecule has 2 aromatic carbocycles. The minimum absolute atomic E-state index is 0.224. The van der Waals surface area contributed by atoms with Gasteiger partial charge in [-0.15, -0.1) is 0 Å². The van der Waals surface area contributed by atoms with Gasteiger partial charge < -0.3 is 15.2 Å². The summed E-state index contributed by atoms with van der Waals surface area (Å²) in [4.78, 5) is 23.7. The molecule has 0 aromatic heterocycles. The summed E-state index contributed by atoms with van der Waals surface area (Å²) in [6.07, 6.45) is 0.650. The number of carboxylic acids is 1. The molecule has 124 valence electrons. The number of carbonyl (C=O) groups is 2. The van der Waals surface area contributed by atoms with Crippen LogP contribution in [0.25, 0.3) is 0 Å². The molecule has 3 rings (SSSR count). The average molecular weight is 333 g/mol. The molecule has 0 saturated carbocycles. The molecule has 2 N–H and O–H groups in total. The number of carbonyl (C=O) groups excluding carboxylic acids is 1. The van der Waals surface area contributed by atoms with Crippen molar-refractivity contribution in [2.75, 3.05) is 6.61 Å². The second-order valence-corrected chi connectivity index (χ2v) is 5.33. The smallest absolute Gasteiger partial charge is 0.331 e. The average Bonchev–Trinajstić information content (AvgIpc) is 3.02. The van der Waals surface area contributed by atoms with Crippen molar-refractivity contribution in [2.24, 2.45) is 0 Å².